The van der Waals surface area contributed by atoms with E-state index < -0.39 is 10.9 Å². The van der Waals surface area contributed by atoms with Crippen LogP contribution in [0, 0.1) is 16.0 Å². The van der Waals surface area contributed by atoms with Crippen LogP contribution in [0.3, 0.4) is 0 Å². The third kappa shape index (κ3) is 3.36. The Balaban J connectivity index is 1.81. The minimum absolute atomic E-state index is 0.0121. The monoisotopic (exact) mass is 334 g/mol. The fraction of sp³-hybridized carbons (Fsp3) is 0.588. The lowest BCUT2D eigenvalue weighted by Gasteiger charge is -2.34. The van der Waals surface area contributed by atoms with Crippen LogP contribution >= 0.6 is 0 Å². The largest absolute Gasteiger partial charge is 0.462 e. The summed E-state index contributed by atoms with van der Waals surface area (Å²) in [7, 11) is 0. The van der Waals surface area contributed by atoms with Crippen LogP contribution in [0.25, 0.3) is 0 Å². The Labute approximate surface area is 140 Å². The Hall–Kier alpha value is -2.15. The quantitative estimate of drug-likeness (QED) is 0.505. The number of fused-ring (bicyclic) bond motifs is 1. The van der Waals surface area contributed by atoms with Gasteiger partial charge in [0.2, 0.25) is 0 Å². The van der Waals surface area contributed by atoms with E-state index in [0.717, 1.165) is 32.3 Å². The smallest absolute Gasteiger partial charge is 0.345 e. The minimum Gasteiger partial charge on any atom is -0.462 e. The van der Waals surface area contributed by atoms with Gasteiger partial charge in [0.05, 0.1) is 17.6 Å². The zero-order chi connectivity index (χ0) is 17.1. The molecule has 1 aromatic carbocycles. The molecule has 0 bridgehead atoms. The van der Waals surface area contributed by atoms with Crippen molar-refractivity contribution in [2.45, 2.75) is 44.8 Å². The normalized spacial score (nSPS) is 25.8. The molecular formula is C17H22N2O5. The number of esters is 1. The van der Waals surface area contributed by atoms with Crippen LogP contribution < -0.4 is 5.32 Å². The fourth-order valence-corrected chi connectivity index (χ4v) is 3.73. The summed E-state index contributed by atoms with van der Waals surface area (Å²) in [6.45, 7) is 2.65. The van der Waals surface area contributed by atoms with Crippen molar-refractivity contribution < 1.29 is 19.2 Å². The van der Waals surface area contributed by atoms with E-state index in [-0.39, 0.29) is 23.9 Å². The van der Waals surface area contributed by atoms with Crippen molar-refractivity contribution in [1.82, 2.24) is 0 Å². The lowest BCUT2D eigenvalue weighted by Crippen LogP contribution is -2.38. The lowest BCUT2D eigenvalue weighted by atomic mass is 9.81. The van der Waals surface area contributed by atoms with E-state index in [1.165, 1.54) is 12.1 Å². The summed E-state index contributed by atoms with van der Waals surface area (Å²) in [6.07, 6.45) is 4.56. The second kappa shape index (κ2) is 7.17. The number of ether oxygens (including phenoxy) is 2. The highest BCUT2D eigenvalue weighted by Crippen LogP contribution is 2.36. The van der Waals surface area contributed by atoms with Crippen LogP contribution in [0.2, 0.25) is 0 Å². The van der Waals surface area contributed by atoms with Crippen molar-refractivity contribution in [3.8, 4) is 0 Å². The second-order valence-electron chi connectivity index (χ2n) is 6.25. The maximum Gasteiger partial charge on any atom is 0.345 e. The molecule has 1 aliphatic heterocycles. The van der Waals surface area contributed by atoms with Crippen molar-refractivity contribution in [3.63, 3.8) is 0 Å². The van der Waals surface area contributed by atoms with E-state index in [1.54, 1.807) is 13.0 Å². The molecule has 7 nitrogen and oxygen atoms in total. The first kappa shape index (κ1) is 16.7. The molecule has 0 radical (unpaired) electrons. The predicted molar refractivity (Wildman–Crippen MR) is 88.2 cm³/mol. The van der Waals surface area contributed by atoms with Gasteiger partial charge < -0.3 is 14.8 Å². The van der Waals surface area contributed by atoms with Crippen molar-refractivity contribution in [1.29, 1.82) is 0 Å². The number of rotatable bonds is 5. The zero-order valence-electron chi connectivity index (χ0n) is 13.7. The highest BCUT2D eigenvalue weighted by atomic mass is 16.6. The minimum atomic E-state index is -0.668. The molecule has 1 saturated heterocycles. The maximum atomic E-state index is 12.0. The first-order chi connectivity index (χ1) is 11.6. The summed E-state index contributed by atoms with van der Waals surface area (Å²) in [5.41, 5.74) is 0.466. The number of hydrogen-bond acceptors (Lipinski definition) is 6. The van der Waals surface area contributed by atoms with Gasteiger partial charge >= 0.3 is 5.97 Å². The predicted octanol–water partition coefficient (Wildman–Crippen LogP) is 3.14. The molecule has 3 unspecified atom stereocenters. The van der Waals surface area contributed by atoms with E-state index >= 15 is 0 Å². The van der Waals surface area contributed by atoms with Crippen LogP contribution in [0.4, 0.5) is 11.4 Å². The van der Waals surface area contributed by atoms with Crippen molar-refractivity contribution in [2.24, 2.45) is 5.92 Å². The number of nitro groups is 1. The molecule has 2 aliphatic rings. The highest BCUT2D eigenvalue weighted by molar-refractivity contribution is 5.95. The standard InChI is InChI=1S/C17H22N2O5/c1-2-23-17(20)13-10-11(6-7-15(13)19(21)22)18-14-4-3-5-16-12(14)8-9-24-16/h6-7,10,12,14,16,18H,2-5,8-9H2,1H3. The third-order valence-corrected chi connectivity index (χ3v) is 4.82. The molecule has 1 aliphatic carbocycles. The zero-order valence-corrected chi connectivity index (χ0v) is 13.7. The van der Waals surface area contributed by atoms with Crippen LogP contribution in [0.15, 0.2) is 18.2 Å². The number of carbonyl (C=O) groups excluding carboxylic acids is 1. The Morgan fingerprint density at radius 1 is 1.42 bits per heavy atom. The van der Waals surface area contributed by atoms with Gasteiger partial charge in [-0.15, -0.1) is 0 Å². The van der Waals surface area contributed by atoms with Crippen molar-refractivity contribution in [2.75, 3.05) is 18.5 Å². The Kier molecular flexibility index (Phi) is 4.99. The van der Waals surface area contributed by atoms with E-state index in [2.05, 4.69) is 5.32 Å². The van der Waals surface area contributed by atoms with Gasteiger partial charge in [-0.05, 0) is 44.7 Å². The summed E-state index contributed by atoms with van der Waals surface area (Å²) in [5, 5.41) is 14.6. The molecule has 2 fully saturated rings. The average molecular weight is 334 g/mol. The van der Waals surface area contributed by atoms with E-state index in [4.69, 9.17) is 9.47 Å². The fourth-order valence-electron chi connectivity index (χ4n) is 3.73. The topological polar surface area (TPSA) is 90.7 Å². The van der Waals surface area contributed by atoms with Gasteiger partial charge in [0, 0.05) is 30.3 Å². The number of carbonyl (C=O) groups is 1. The first-order valence-corrected chi connectivity index (χ1v) is 8.44. The average Bonchev–Trinajstić information content (AvgIpc) is 3.04. The Bertz CT molecular complexity index is 633. The number of benzene rings is 1. The summed E-state index contributed by atoms with van der Waals surface area (Å²) in [5.74, 6) is -0.210. The molecule has 0 aromatic heterocycles. The van der Waals surface area contributed by atoms with Crippen molar-refractivity contribution >= 4 is 17.3 Å². The molecule has 1 heterocycles. The van der Waals surface area contributed by atoms with Crippen LogP contribution in [-0.2, 0) is 9.47 Å². The van der Waals surface area contributed by atoms with E-state index in [1.807, 2.05) is 0 Å². The number of nitrogens with zero attached hydrogens (tertiary/aromatic N) is 1. The maximum absolute atomic E-state index is 12.0. The first-order valence-electron chi connectivity index (χ1n) is 8.44. The van der Waals surface area contributed by atoms with Gasteiger partial charge in [-0.1, -0.05) is 0 Å². The molecule has 0 spiro atoms. The van der Waals surface area contributed by atoms with Gasteiger partial charge in [0.15, 0.2) is 0 Å². The van der Waals surface area contributed by atoms with Gasteiger partial charge in [0.25, 0.3) is 5.69 Å². The molecule has 7 heteroatoms. The van der Waals surface area contributed by atoms with Crippen LogP contribution in [0.1, 0.15) is 43.0 Å². The van der Waals surface area contributed by atoms with Crippen LogP contribution in [-0.4, -0.2) is 36.3 Å². The molecule has 24 heavy (non-hydrogen) atoms. The van der Waals surface area contributed by atoms with Gasteiger partial charge in [-0.3, -0.25) is 10.1 Å². The molecule has 1 N–H and O–H groups in total. The lowest BCUT2D eigenvalue weighted by molar-refractivity contribution is -0.385. The van der Waals surface area contributed by atoms with E-state index in [0.29, 0.717) is 17.7 Å². The molecular weight excluding hydrogens is 312 g/mol. The second-order valence-corrected chi connectivity index (χ2v) is 6.25. The molecule has 130 valence electrons. The molecule has 3 rings (SSSR count). The number of hydrogen-bond donors (Lipinski definition) is 1. The summed E-state index contributed by atoms with van der Waals surface area (Å²) in [4.78, 5) is 22.6. The number of nitro benzene ring substituents is 1. The Morgan fingerprint density at radius 2 is 2.25 bits per heavy atom. The summed E-state index contributed by atoms with van der Waals surface area (Å²) in [6, 6.07) is 4.80. The van der Waals surface area contributed by atoms with E-state index in [9.17, 15) is 14.9 Å². The number of anilines is 1. The van der Waals surface area contributed by atoms with Gasteiger partial charge in [-0.25, -0.2) is 4.79 Å². The third-order valence-electron chi connectivity index (χ3n) is 4.82. The SMILES string of the molecule is CCOC(=O)c1cc(NC2CCCC3OCCC23)ccc1[N+](=O)[O-]. The van der Waals surface area contributed by atoms with Gasteiger partial charge in [-0.2, -0.15) is 0 Å². The van der Waals surface area contributed by atoms with Crippen LogP contribution in [0.5, 0.6) is 0 Å². The molecule has 1 saturated carbocycles. The summed E-state index contributed by atoms with van der Waals surface area (Å²) >= 11 is 0. The summed E-state index contributed by atoms with van der Waals surface area (Å²) < 4.78 is 10.7. The number of nitrogens with one attached hydrogen (secondary N) is 1. The Morgan fingerprint density at radius 3 is 3.00 bits per heavy atom. The molecule has 0 amide bonds. The highest BCUT2D eigenvalue weighted by Gasteiger charge is 2.37. The molecule has 1 aromatic rings. The van der Waals surface area contributed by atoms with Gasteiger partial charge in [0.1, 0.15) is 5.56 Å². The molecule has 3 atom stereocenters. The van der Waals surface area contributed by atoms with Crippen molar-refractivity contribution in [3.05, 3.63) is 33.9 Å².